The molecular formula is C24H24O5. The number of aliphatic hydroxyl groups is 1. The Balaban J connectivity index is 1.53. The second-order valence-electron chi connectivity index (χ2n) is 6.52. The molecule has 0 atom stereocenters. The molecule has 0 bridgehead atoms. The van der Waals surface area contributed by atoms with E-state index in [1.54, 1.807) is 72.8 Å². The second kappa shape index (κ2) is 10.2. The van der Waals surface area contributed by atoms with Crippen molar-refractivity contribution in [3.8, 4) is 17.2 Å². The summed E-state index contributed by atoms with van der Waals surface area (Å²) in [7, 11) is 0. The summed E-state index contributed by atoms with van der Waals surface area (Å²) in [6, 6.07) is 13.4. The van der Waals surface area contributed by atoms with Gasteiger partial charge in [0.15, 0.2) is 0 Å². The van der Waals surface area contributed by atoms with Crippen LogP contribution in [0.5, 0.6) is 17.2 Å². The Morgan fingerprint density at radius 3 is 2.07 bits per heavy atom. The summed E-state index contributed by atoms with van der Waals surface area (Å²) in [6.45, 7) is 2.83. The van der Waals surface area contributed by atoms with Crippen LogP contribution in [0.1, 0.15) is 36.5 Å². The highest BCUT2D eigenvalue weighted by Crippen LogP contribution is 2.21. The average Bonchev–Trinajstić information content (AvgIpc) is 3.28. The first-order valence-corrected chi connectivity index (χ1v) is 9.66. The first kappa shape index (κ1) is 20.3. The zero-order chi connectivity index (χ0) is 20.5. The third-order valence-electron chi connectivity index (χ3n) is 4.27. The molecule has 3 rings (SSSR count). The van der Waals surface area contributed by atoms with Gasteiger partial charge in [-0.05, 0) is 67.1 Å². The number of ether oxygens (including phenoxy) is 3. The van der Waals surface area contributed by atoms with Crippen molar-refractivity contribution >= 4 is 5.97 Å². The molecule has 5 nitrogen and oxygen atoms in total. The molecule has 5 heteroatoms. The number of allylic oxidation sites excluding steroid dienone is 5. The van der Waals surface area contributed by atoms with Crippen LogP contribution >= 0.6 is 0 Å². The van der Waals surface area contributed by atoms with Gasteiger partial charge >= 0.3 is 5.97 Å². The summed E-state index contributed by atoms with van der Waals surface area (Å²) in [5.41, 5.74) is 0.969. The number of hydrogen-bond acceptors (Lipinski definition) is 5. The van der Waals surface area contributed by atoms with E-state index in [0.717, 1.165) is 25.0 Å². The lowest BCUT2D eigenvalue weighted by Crippen LogP contribution is -2.08. The Morgan fingerprint density at radius 1 is 0.828 bits per heavy atom. The maximum atomic E-state index is 12.3. The average molecular weight is 392 g/mol. The maximum Gasteiger partial charge on any atom is 0.343 e. The first-order chi connectivity index (χ1) is 14.2. The largest absolute Gasteiger partial charge is 0.494 e. The van der Waals surface area contributed by atoms with Gasteiger partial charge in [0.25, 0.3) is 5.95 Å². The van der Waals surface area contributed by atoms with Crippen LogP contribution < -0.4 is 14.2 Å². The van der Waals surface area contributed by atoms with Gasteiger partial charge in [-0.3, -0.25) is 0 Å². The highest BCUT2D eigenvalue weighted by atomic mass is 16.6. The smallest absolute Gasteiger partial charge is 0.343 e. The summed E-state index contributed by atoms with van der Waals surface area (Å²) in [5.74, 6) is 0.950. The van der Waals surface area contributed by atoms with Crippen LogP contribution in [-0.2, 0) is 0 Å². The summed E-state index contributed by atoms with van der Waals surface area (Å²) in [5, 5.41) is 9.93. The van der Waals surface area contributed by atoms with Gasteiger partial charge in [0.2, 0.25) is 0 Å². The van der Waals surface area contributed by atoms with Crippen LogP contribution in [0.2, 0.25) is 0 Å². The SMILES string of the molecule is CCCCCOc1ccc(OC(=O)c2ccc(OC(O)=C3C=CC=C3)cc2)cc1. The zero-order valence-electron chi connectivity index (χ0n) is 16.3. The van der Waals surface area contributed by atoms with Crippen LogP contribution in [-0.4, -0.2) is 17.7 Å². The molecule has 0 radical (unpaired) electrons. The molecule has 2 aromatic carbocycles. The topological polar surface area (TPSA) is 65.0 Å². The van der Waals surface area contributed by atoms with Crippen LogP contribution in [0.25, 0.3) is 0 Å². The van der Waals surface area contributed by atoms with E-state index in [2.05, 4.69) is 6.92 Å². The fourth-order valence-corrected chi connectivity index (χ4v) is 2.66. The van der Waals surface area contributed by atoms with Crippen molar-refractivity contribution in [1.82, 2.24) is 0 Å². The van der Waals surface area contributed by atoms with E-state index in [0.29, 0.717) is 29.2 Å². The van der Waals surface area contributed by atoms with Crippen molar-refractivity contribution in [2.45, 2.75) is 26.2 Å². The van der Waals surface area contributed by atoms with Gasteiger partial charge in [-0.15, -0.1) is 0 Å². The van der Waals surface area contributed by atoms with Crippen LogP contribution in [0.15, 0.2) is 84.4 Å². The summed E-state index contributed by atoms with van der Waals surface area (Å²) in [4.78, 5) is 12.3. The molecule has 0 amide bonds. The number of aliphatic hydroxyl groups excluding tert-OH is 1. The lowest BCUT2D eigenvalue weighted by Gasteiger charge is -2.09. The summed E-state index contributed by atoms with van der Waals surface area (Å²) < 4.78 is 16.4. The van der Waals surface area contributed by atoms with E-state index >= 15 is 0 Å². The number of unbranched alkanes of at least 4 members (excludes halogenated alkanes) is 2. The van der Waals surface area contributed by atoms with Gasteiger partial charge in [-0.1, -0.05) is 31.9 Å². The van der Waals surface area contributed by atoms with Crippen molar-refractivity contribution in [3.63, 3.8) is 0 Å². The van der Waals surface area contributed by atoms with Crippen molar-refractivity contribution < 1.29 is 24.1 Å². The second-order valence-corrected chi connectivity index (χ2v) is 6.52. The lowest BCUT2D eigenvalue weighted by molar-refractivity contribution is 0.0734. The molecule has 0 spiro atoms. The molecule has 150 valence electrons. The molecule has 0 heterocycles. The molecule has 0 aliphatic heterocycles. The zero-order valence-corrected chi connectivity index (χ0v) is 16.3. The minimum absolute atomic E-state index is 0.192. The minimum atomic E-state index is -0.475. The predicted molar refractivity (Wildman–Crippen MR) is 111 cm³/mol. The van der Waals surface area contributed by atoms with Gasteiger partial charge in [-0.25, -0.2) is 4.79 Å². The Kier molecular flexibility index (Phi) is 7.11. The van der Waals surface area contributed by atoms with Crippen LogP contribution in [0.4, 0.5) is 0 Å². The van der Waals surface area contributed by atoms with E-state index in [9.17, 15) is 9.90 Å². The van der Waals surface area contributed by atoms with Gasteiger partial charge in [0, 0.05) is 0 Å². The molecule has 0 saturated heterocycles. The number of esters is 1. The van der Waals surface area contributed by atoms with Crippen molar-refractivity contribution in [2.24, 2.45) is 0 Å². The molecule has 1 N–H and O–H groups in total. The van der Waals surface area contributed by atoms with Crippen molar-refractivity contribution in [2.75, 3.05) is 6.61 Å². The van der Waals surface area contributed by atoms with Crippen molar-refractivity contribution in [1.29, 1.82) is 0 Å². The summed E-state index contributed by atoms with van der Waals surface area (Å²) in [6.07, 6.45) is 10.4. The highest BCUT2D eigenvalue weighted by molar-refractivity contribution is 5.91. The van der Waals surface area contributed by atoms with Crippen LogP contribution in [0.3, 0.4) is 0 Å². The fraction of sp³-hybridized carbons (Fsp3) is 0.208. The van der Waals surface area contributed by atoms with E-state index in [1.165, 1.54) is 0 Å². The Labute approximate surface area is 170 Å². The molecule has 0 fully saturated rings. The lowest BCUT2D eigenvalue weighted by atomic mass is 10.2. The predicted octanol–water partition coefficient (Wildman–Crippen LogP) is 5.75. The molecule has 29 heavy (non-hydrogen) atoms. The molecule has 0 unspecified atom stereocenters. The number of hydrogen-bond donors (Lipinski definition) is 1. The maximum absolute atomic E-state index is 12.3. The molecule has 2 aromatic rings. The van der Waals surface area contributed by atoms with Gasteiger partial charge in [0.05, 0.1) is 17.7 Å². The Bertz CT molecular complexity index is 891. The third-order valence-corrected chi connectivity index (χ3v) is 4.27. The first-order valence-electron chi connectivity index (χ1n) is 9.66. The fourth-order valence-electron chi connectivity index (χ4n) is 2.66. The molecule has 0 aromatic heterocycles. The Morgan fingerprint density at radius 2 is 1.41 bits per heavy atom. The van der Waals surface area contributed by atoms with E-state index in [4.69, 9.17) is 14.2 Å². The number of carbonyl (C=O) groups excluding carboxylic acids is 1. The van der Waals surface area contributed by atoms with Gasteiger partial charge in [-0.2, -0.15) is 0 Å². The van der Waals surface area contributed by atoms with Gasteiger partial charge < -0.3 is 19.3 Å². The normalized spacial score (nSPS) is 12.1. The van der Waals surface area contributed by atoms with E-state index in [1.807, 2.05) is 0 Å². The molecule has 1 aliphatic rings. The monoisotopic (exact) mass is 392 g/mol. The standard InChI is InChI=1S/C24H24O5/c1-2-3-6-17-27-20-13-15-22(16-14-20)29-24(26)19-9-11-21(12-10-19)28-23(25)18-7-4-5-8-18/h4-5,7-16,25H,2-3,6,17H2,1H3. The van der Waals surface area contributed by atoms with Crippen molar-refractivity contribution in [3.05, 3.63) is 89.9 Å². The molecule has 1 aliphatic carbocycles. The highest BCUT2D eigenvalue weighted by Gasteiger charge is 2.10. The Hall–Kier alpha value is -3.47. The van der Waals surface area contributed by atoms with E-state index < -0.39 is 5.97 Å². The third kappa shape index (κ3) is 6.01. The number of carbonyl (C=O) groups is 1. The molecular weight excluding hydrogens is 368 g/mol. The summed E-state index contributed by atoms with van der Waals surface area (Å²) >= 11 is 0. The van der Waals surface area contributed by atoms with Crippen LogP contribution in [0, 0.1) is 0 Å². The van der Waals surface area contributed by atoms with E-state index in [-0.39, 0.29) is 5.95 Å². The molecule has 0 saturated carbocycles. The number of rotatable bonds is 9. The van der Waals surface area contributed by atoms with Gasteiger partial charge in [0.1, 0.15) is 17.2 Å². The number of benzene rings is 2. The minimum Gasteiger partial charge on any atom is -0.494 e. The quantitative estimate of drug-likeness (QED) is 0.255.